The molecule has 0 saturated carbocycles. The highest BCUT2D eigenvalue weighted by molar-refractivity contribution is 9.11. The standard InChI is InChI=1S/C18H10Br2F2O5/c1-2-11(23)14-9(20)6-12(15(22)16(14)24)27-18(25)13-5-7-8(19)3-4-10(21)17(7)26-13/h3-6,24H,2H2,1H3. The number of esters is 1. The van der Waals surface area contributed by atoms with Crippen LogP contribution in [-0.2, 0) is 0 Å². The lowest BCUT2D eigenvalue weighted by atomic mass is 10.1. The van der Waals surface area contributed by atoms with E-state index in [-0.39, 0.29) is 27.8 Å². The SMILES string of the molecule is CCC(=O)c1c(Br)cc(OC(=O)c2cc3c(Br)ccc(F)c3o2)c(F)c1O. The Labute approximate surface area is 168 Å². The number of phenols is 1. The van der Waals surface area contributed by atoms with E-state index in [0.29, 0.717) is 9.86 Å². The van der Waals surface area contributed by atoms with Crippen LogP contribution in [0.5, 0.6) is 11.5 Å². The summed E-state index contributed by atoms with van der Waals surface area (Å²) in [7, 11) is 0. The number of carbonyl (C=O) groups is 2. The Bertz CT molecular complexity index is 1050. The van der Waals surface area contributed by atoms with E-state index >= 15 is 0 Å². The lowest BCUT2D eigenvalue weighted by Crippen LogP contribution is -2.10. The molecule has 0 amide bonds. The van der Waals surface area contributed by atoms with E-state index in [1.54, 1.807) is 6.92 Å². The second-order valence-corrected chi connectivity index (χ2v) is 7.15. The third-order valence-corrected chi connectivity index (χ3v) is 5.06. The number of aromatic hydroxyl groups is 1. The molecule has 3 rings (SSSR count). The number of benzene rings is 2. The molecule has 0 bridgehead atoms. The number of Topliss-reactive ketones (excluding diaryl/α,β-unsaturated/α-hetero) is 1. The van der Waals surface area contributed by atoms with Gasteiger partial charge in [0, 0.05) is 26.8 Å². The molecule has 1 N–H and O–H groups in total. The minimum absolute atomic E-state index is 0.0458. The second kappa shape index (κ2) is 7.40. The molecule has 1 aromatic heterocycles. The van der Waals surface area contributed by atoms with Gasteiger partial charge in [-0.3, -0.25) is 4.79 Å². The molecule has 5 nitrogen and oxygen atoms in total. The number of hydrogen-bond acceptors (Lipinski definition) is 5. The van der Waals surface area contributed by atoms with Crippen LogP contribution >= 0.6 is 31.9 Å². The van der Waals surface area contributed by atoms with Crippen molar-refractivity contribution in [2.75, 3.05) is 0 Å². The van der Waals surface area contributed by atoms with Crippen LogP contribution in [0.4, 0.5) is 8.78 Å². The van der Waals surface area contributed by atoms with Gasteiger partial charge in [0.05, 0.1) is 5.56 Å². The molecule has 0 radical (unpaired) electrons. The van der Waals surface area contributed by atoms with Gasteiger partial charge in [-0.2, -0.15) is 4.39 Å². The molecule has 140 valence electrons. The van der Waals surface area contributed by atoms with Crippen LogP contribution in [0.25, 0.3) is 11.0 Å². The lowest BCUT2D eigenvalue weighted by molar-refractivity contribution is 0.0696. The molecule has 0 aliphatic rings. The summed E-state index contributed by atoms with van der Waals surface area (Å²) in [5.41, 5.74) is -0.408. The normalized spacial score (nSPS) is 11.0. The monoisotopic (exact) mass is 502 g/mol. The molecule has 0 aliphatic carbocycles. The number of halogens is 4. The van der Waals surface area contributed by atoms with Crippen molar-refractivity contribution in [1.82, 2.24) is 0 Å². The van der Waals surface area contributed by atoms with Gasteiger partial charge in [0.25, 0.3) is 0 Å². The first kappa shape index (κ1) is 19.5. The highest BCUT2D eigenvalue weighted by Crippen LogP contribution is 2.37. The number of fused-ring (bicyclic) bond motifs is 1. The maximum Gasteiger partial charge on any atom is 0.379 e. The van der Waals surface area contributed by atoms with Crippen LogP contribution in [0.15, 0.2) is 37.6 Å². The van der Waals surface area contributed by atoms with Crippen molar-refractivity contribution in [2.45, 2.75) is 13.3 Å². The summed E-state index contributed by atoms with van der Waals surface area (Å²) in [4.78, 5) is 24.1. The fraction of sp³-hybridized carbons (Fsp3) is 0.111. The molecular weight excluding hydrogens is 494 g/mol. The molecular formula is C18H10Br2F2O5. The summed E-state index contributed by atoms with van der Waals surface area (Å²) in [6.45, 7) is 1.55. The van der Waals surface area contributed by atoms with E-state index in [2.05, 4.69) is 31.9 Å². The molecule has 0 unspecified atom stereocenters. The van der Waals surface area contributed by atoms with Crippen LogP contribution in [0, 0.1) is 11.6 Å². The largest absolute Gasteiger partial charge is 0.504 e. The van der Waals surface area contributed by atoms with Crippen LogP contribution in [-0.4, -0.2) is 16.9 Å². The minimum atomic E-state index is -1.27. The van der Waals surface area contributed by atoms with Gasteiger partial charge in [0.15, 0.2) is 28.7 Å². The van der Waals surface area contributed by atoms with Crippen molar-refractivity contribution in [1.29, 1.82) is 0 Å². The number of ether oxygens (including phenoxy) is 1. The molecule has 0 aliphatic heterocycles. The van der Waals surface area contributed by atoms with Gasteiger partial charge in [0.1, 0.15) is 0 Å². The van der Waals surface area contributed by atoms with E-state index in [9.17, 15) is 23.5 Å². The number of carbonyl (C=O) groups excluding carboxylic acids is 2. The van der Waals surface area contributed by atoms with Gasteiger partial charge in [-0.05, 0) is 34.1 Å². The third-order valence-electron chi connectivity index (χ3n) is 3.74. The number of phenolic OH excluding ortho intramolecular Hbond substituents is 1. The summed E-state index contributed by atoms with van der Waals surface area (Å²) < 4.78 is 38.8. The molecule has 27 heavy (non-hydrogen) atoms. The summed E-state index contributed by atoms with van der Waals surface area (Å²) in [6, 6.07) is 4.89. The molecule has 3 aromatic rings. The average molecular weight is 504 g/mol. The minimum Gasteiger partial charge on any atom is -0.504 e. The Morgan fingerprint density at radius 3 is 2.52 bits per heavy atom. The second-order valence-electron chi connectivity index (χ2n) is 5.44. The van der Waals surface area contributed by atoms with Crippen molar-refractivity contribution in [3.63, 3.8) is 0 Å². The van der Waals surface area contributed by atoms with Crippen molar-refractivity contribution >= 4 is 54.6 Å². The zero-order valence-corrected chi connectivity index (χ0v) is 16.8. The van der Waals surface area contributed by atoms with E-state index in [1.807, 2.05) is 0 Å². The first-order valence-corrected chi connectivity index (χ1v) is 9.17. The number of ketones is 1. The molecule has 0 spiro atoms. The van der Waals surface area contributed by atoms with Crippen molar-refractivity contribution in [3.05, 3.63) is 56.2 Å². The fourth-order valence-electron chi connectivity index (χ4n) is 2.41. The summed E-state index contributed by atoms with van der Waals surface area (Å²) in [5.74, 6) is -5.45. The van der Waals surface area contributed by atoms with Gasteiger partial charge in [0.2, 0.25) is 11.6 Å². The zero-order chi connectivity index (χ0) is 19.9. The van der Waals surface area contributed by atoms with E-state index in [1.165, 1.54) is 12.1 Å². The van der Waals surface area contributed by atoms with Gasteiger partial charge in [-0.25, -0.2) is 9.18 Å². The topological polar surface area (TPSA) is 76.7 Å². The van der Waals surface area contributed by atoms with Gasteiger partial charge >= 0.3 is 5.97 Å². The van der Waals surface area contributed by atoms with Crippen LogP contribution in [0.3, 0.4) is 0 Å². The molecule has 0 atom stereocenters. The van der Waals surface area contributed by atoms with Crippen molar-refractivity contribution in [3.8, 4) is 11.5 Å². The smallest absolute Gasteiger partial charge is 0.379 e. The predicted octanol–water partition coefficient (Wildman–Crippen LogP) is 5.75. The molecule has 0 saturated heterocycles. The quantitative estimate of drug-likeness (QED) is 0.278. The Kier molecular flexibility index (Phi) is 5.34. The Morgan fingerprint density at radius 2 is 1.89 bits per heavy atom. The highest BCUT2D eigenvalue weighted by atomic mass is 79.9. The summed E-state index contributed by atoms with van der Waals surface area (Å²) >= 11 is 6.26. The third kappa shape index (κ3) is 3.49. The number of furan rings is 1. The molecule has 9 heteroatoms. The molecule has 1 heterocycles. The van der Waals surface area contributed by atoms with Crippen molar-refractivity contribution in [2.24, 2.45) is 0 Å². The van der Waals surface area contributed by atoms with Gasteiger partial charge in [-0.1, -0.05) is 22.9 Å². The first-order chi connectivity index (χ1) is 12.7. The zero-order valence-electron chi connectivity index (χ0n) is 13.6. The average Bonchev–Trinajstić information content (AvgIpc) is 3.09. The number of hydrogen-bond donors (Lipinski definition) is 1. The highest BCUT2D eigenvalue weighted by Gasteiger charge is 2.25. The van der Waals surface area contributed by atoms with E-state index in [0.717, 1.165) is 12.1 Å². The lowest BCUT2D eigenvalue weighted by Gasteiger charge is -2.10. The molecule has 2 aromatic carbocycles. The predicted molar refractivity (Wildman–Crippen MR) is 99.2 cm³/mol. The van der Waals surface area contributed by atoms with E-state index < -0.39 is 34.9 Å². The maximum absolute atomic E-state index is 14.3. The number of rotatable bonds is 4. The van der Waals surface area contributed by atoms with E-state index in [4.69, 9.17) is 9.15 Å². The van der Waals surface area contributed by atoms with Gasteiger partial charge < -0.3 is 14.3 Å². The maximum atomic E-state index is 14.3. The Hall–Kier alpha value is -2.26. The van der Waals surface area contributed by atoms with Gasteiger partial charge in [-0.15, -0.1) is 0 Å². The first-order valence-electron chi connectivity index (χ1n) is 7.58. The molecule has 0 fully saturated rings. The van der Waals surface area contributed by atoms with Crippen LogP contribution < -0.4 is 4.74 Å². The van der Waals surface area contributed by atoms with Crippen molar-refractivity contribution < 1.29 is 32.6 Å². The van der Waals surface area contributed by atoms with Crippen LogP contribution in [0.2, 0.25) is 0 Å². The summed E-state index contributed by atoms with van der Waals surface area (Å²) in [5, 5.41) is 10.2. The summed E-state index contributed by atoms with van der Waals surface area (Å²) in [6.07, 6.45) is 0.0458. The van der Waals surface area contributed by atoms with Crippen LogP contribution in [0.1, 0.15) is 34.3 Å². The Morgan fingerprint density at radius 1 is 1.19 bits per heavy atom. The fourth-order valence-corrected chi connectivity index (χ4v) is 3.46. The Balaban J connectivity index is 1.98.